The highest BCUT2D eigenvalue weighted by atomic mass is 127. The molecule has 9 heavy (non-hydrogen) atoms. The second-order valence-electron chi connectivity index (χ2n) is 2.16. The summed E-state index contributed by atoms with van der Waals surface area (Å²) in [5, 5.41) is 0. The highest BCUT2D eigenvalue weighted by Crippen LogP contribution is 2.16. The molecule has 0 fully saturated rings. The first-order valence-electron chi connectivity index (χ1n) is 3.08. The number of hydrogen-bond acceptors (Lipinski definition) is 1. The van der Waals surface area contributed by atoms with Gasteiger partial charge in [0.05, 0.1) is 0 Å². The molecular weight excluding hydrogens is 248 g/mol. The SMILES string of the molecule is ClC1CCCC(CI)=N1. The summed E-state index contributed by atoms with van der Waals surface area (Å²) >= 11 is 8.13. The monoisotopic (exact) mass is 257 g/mol. The third kappa shape index (κ3) is 2.42. The van der Waals surface area contributed by atoms with Crippen molar-refractivity contribution in [3.05, 3.63) is 0 Å². The lowest BCUT2D eigenvalue weighted by Gasteiger charge is -2.13. The molecule has 52 valence electrons. The maximum absolute atomic E-state index is 5.80. The number of hydrogen-bond donors (Lipinski definition) is 0. The number of rotatable bonds is 1. The van der Waals surface area contributed by atoms with Crippen molar-refractivity contribution in [2.75, 3.05) is 4.43 Å². The highest BCUT2D eigenvalue weighted by Gasteiger charge is 2.10. The Labute approximate surface area is 74.0 Å². The van der Waals surface area contributed by atoms with Crippen molar-refractivity contribution in [1.82, 2.24) is 0 Å². The van der Waals surface area contributed by atoms with Crippen molar-refractivity contribution < 1.29 is 0 Å². The van der Waals surface area contributed by atoms with Gasteiger partial charge in [-0.25, -0.2) is 0 Å². The van der Waals surface area contributed by atoms with Gasteiger partial charge in [0.15, 0.2) is 0 Å². The smallest absolute Gasteiger partial charge is 0.123 e. The van der Waals surface area contributed by atoms with Gasteiger partial charge >= 0.3 is 0 Å². The molecule has 1 unspecified atom stereocenters. The molecule has 0 aromatic heterocycles. The predicted octanol–water partition coefficient (Wildman–Crippen LogP) is 2.61. The van der Waals surface area contributed by atoms with E-state index in [0.717, 1.165) is 17.3 Å². The zero-order chi connectivity index (χ0) is 6.69. The maximum Gasteiger partial charge on any atom is 0.123 e. The summed E-state index contributed by atoms with van der Waals surface area (Å²) in [4.78, 5) is 4.28. The first kappa shape index (κ1) is 7.79. The normalized spacial score (nSPS) is 27.8. The van der Waals surface area contributed by atoms with E-state index in [1.165, 1.54) is 12.1 Å². The van der Waals surface area contributed by atoms with Crippen molar-refractivity contribution >= 4 is 39.9 Å². The van der Waals surface area contributed by atoms with Gasteiger partial charge in [-0.15, -0.1) is 0 Å². The van der Waals surface area contributed by atoms with Crippen LogP contribution in [0.1, 0.15) is 19.3 Å². The van der Waals surface area contributed by atoms with E-state index in [2.05, 4.69) is 27.6 Å². The van der Waals surface area contributed by atoms with Gasteiger partial charge in [0.25, 0.3) is 0 Å². The molecule has 1 rings (SSSR count). The summed E-state index contributed by atoms with van der Waals surface area (Å²) in [6.45, 7) is 0. The summed E-state index contributed by atoms with van der Waals surface area (Å²) in [5.74, 6) is 0. The van der Waals surface area contributed by atoms with Crippen LogP contribution in [0.5, 0.6) is 0 Å². The Bertz CT molecular complexity index is 124. The Kier molecular flexibility index (Phi) is 3.26. The third-order valence-electron chi connectivity index (χ3n) is 1.38. The van der Waals surface area contributed by atoms with E-state index in [9.17, 15) is 0 Å². The van der Waals surface area contributed by atoms with Crippen LogP contribution in [-0.2, 0) is 0 Å². The Morgan fingerprint density at radius 2 is 2.56 bits per heavy atom. The minimum atomic E-state index is 0.0727. The van der Waals surface area contributed by atoms with E-state index >= 15 is 0 Å². The Hall–Kier alpha value is 0.690. The molecule has 0 bridgehead atoms. The zero-order valence-electron chi connectivity index (χ0n) is 5.11. The van der Waals surface area contributed by atoms with E-state index in [-0.39, 0.29) is 5.50 Å². The first-order chi connectivity index (χ1) is 4.33. The average Bonchev–Trinajstić information content (AvgIpc) is 1.88. The number of halogens is 2. The van der Waals surface area contributed by atoms with Gasteiger partial charge in [0.2, 0.25) is 0 Å². The molecule has 0 aliphatic carbocycles. The molecule has 0 aromatic carbocycles. The predicted molar refractivity (Wildman–Crippen MR) is 49.8 cm³/mol. The van der Waals surface area contributed by atoms with Gasteiger partial charge < -0.3 is 0 Å². The lowest BCUT2D eigenvalue weighted by atomic mass is 10.1. The van der Waals surface area contributed by atoms with E-state index < -0.39 is 0 Å². The molecule has 0 N–H and O–H groups in total. The number of aliphatic imine (C=N–C) groups is 1. The summed E-state index contributed by atoms with van der Waals surface area (Å²) in [6, 6.07) is 0. The van der Waals surface area contributed by atoms with E-state index in [4.69, 9.17) is 11.6 Å². The fraction of sp³-hybridized carbons (Fsp3) is 0.833. The summed E-state index contributed by atoms with van der Waals surface area (Å²) in [5.41, 5.74) is 1.35. The van der Waals surface area contributed by atoms with Crippen LogP contribution in [0, 0.1) is 0 Å². The first-order valence-corrected chi connectivity index (χ1v) is 5.04. The molecule has 1 heterocycles. The second kappa shape index (κ2) is 3.76. The summed E-state index contributed by atoms with van der Waals surface area (Å²) in [6.07, 6.45) is 3.43. The van der Waals surface area contributed by atoms with Gasteiger partial charge in [-0.05, 0) is 19.3 Å². The van der Waals surface area contributed by atoms with Crippen LogP contribution in [0.2, 0.25) is 0 Å². The second-order valence-corrected chi connectivity index (χ2v) is 3.42. The van der Waals surface area contributed by atoms with Gasteiger partial charge in [-0.3, -0.25) is 4.99 Å². The molecule has 3 heteroatoms. The average molecular weight is 258 g/mol. The quantitative estimate of drug-likeness (QED) is 0.389. The molecule has 0 saturated carbocycles. The van der Waals surface area contributed by atoms with E-state index in [1.807, 2.05) is 0 Å². The van der Waals surface area contributed by atoms with Crippen LogP contribution in [0.25, 0.3) is 0 Å². The van der Waals surface area contributed by atoms with Gasteiger partial charge in [0.1, 0.15) is 5.50 Å². The minimum absolute atomic E-state index is 0.0727. The summed E-state index contributed by atoms with van der Waals surface area (Å²) < 4.78 is 1.04. The van der Waals surface area contributed by atoms with Crippen LogP contribution in [0.4, 0.5) is 0 Å². The molecule has 1 atom stereocenters. The Morgan fingerprint density at radius 1 is 1.78 bits per heavy atom. The van der Waals surface area contributed by atoms with Crippen molar-refractivity contribution in [3.63, 3.8) is 0 Å². The minimum Gasteiger partial charge on any atom is -0.274 e. The zero-order valence-corrected chi connectivity index (χ0v) is 8.02. The topological polar surface area (TPSA) is 12.4 Å². The molecule has 1 aliphatic heterocycles. The molecular formula is C6H9ClIN. The van der Waals surface area contributed by atoms with Gasteiger partial charge in [-0.2, -0.15) is 0 Å². The number of alkyl halides is 2. The highest BCUT2D eigenvalue weighted by molar-refractivity contribution is 14.1. The molecule has 1 aliphatic rings. The standard InChI is InChI=1S/C6H9ClIN/c7-6-3-1-2-5(4-8)9-6/h6H,1-4H2. The molecule has 0 radical (unpaired) electrons. The largest absolute Gasteiger partial charge is 0.274 e. The van der Waals surface area contributed by atoms with Gasteiger partial charge in [-0.1, -0.05) is 34.2 Å². The van der Waals surface area contributed by atoms with E-state index in [1.54, 1.807) is 0 Å². The molecule has 1 nitrogen and oxygen atoms in total. The Balaban J connectivity index is 2.49. The van der Waals surface area contributed by atoms with Crippen molar-refractivity contribution in [3.8, 4) is 0 Å². The van der Waals surface area contributed by atoms with Crippen LogP contribution in [-0.4, -0.2) is 15.6 Å². The lowest BCUT2D eigenvalue weighted by molar-refractivity contribution is 0.695. The summed E-state index contributed by atoms with van der Waals surface area (Å²) in [7, 11) is 0. The lowest BCUT2D eigenvalue weighted by Crippen LogP contribution is -2.11. The van der Waals surface area contributed by atoms with Crippen molar-refractivity contribution in [1.29, 1.82) is 0 Å². The molecule has 0 amide bonds. The molecule has 0 saturated heterocycles. The van der Waals surface area contributed by atoms with Crippen LogP contribution in [0.15, 0.2) is 4.99 Å². The molecule has 0 aromatic rings. The van der Waals surface area contributed by atoms with Crippen molar-refractivity contribution in [2.24, 2.45) is 4.99 Å². The van der Waals surface area contributed by atoms with E-state index in [0.29, 0.717) is 0 Å². The Morgan fingerprint density at radius 3 is 3.00 bits per heavy atom. The third-order valence-corrected chi connectivity index (χ3v) is 2.58. The maximum atomic E-state index is 5.80. The fourth-order valence-corrected chi connectivity index (χ4v) is 1.77. The van der Waals surface area contributed by atoms with Crippen LogP contribution >= 0.6 is 34.2 Å². The van der Waals surface area contributed by atoms with Crippen molar-refractivity contribution in [2.45, 2.75) is 24.8 Å². The van der Waals surface area contributed by atoms with Crippen LogP contribution in [0.3, 0.4) is 0 Å². The van der Waals surface area contributed by atoms with Crippen LogP contribution < -0.4 is 0 Å². The fourth-order valence-electron chi connectivity index (χ4n) is 0.903. The number of nitrogens with zero attached hydrogens (tertiary/aromatic N) is 1. The molecule has 0 spiro atoms. The van der Waals surface area contributed by atoms with Gasteiger partial charge in [0, 0.05) is 10.1 Å².